The molecule has 3 rings (SSSR count). The van der Waals surface area contributed by atoms with Crippen LogP contribution in [-0.2, 0) is 11.3 Å². The summed E-state index contributed by atoms with van der Waals surface area (Å²) in [6, 6.07) is 14.3. The van der Waals surface area contributed by atoms with Crippen LogP contribution < -0.4 is 10.6 Å². The zero-order chi connectivity index (χ0) is 16.2. The fourth-order valence-electron chi connectivity index (χ4n) is 2.25. The quantitative estimate of drug-likeness (QED) is 0.909. The summed E-state index contributed by atoms with van der Waals surface area (Å²) >= 11 is 1.50. The minimum atomic E-state index is -0.238. The summed E-state index contributed by atoms with van der Waals surface area (Å²) in [5, 5.41) is 14.5. The van der Waals surface area contributed by atoms with Gasteiger partial charge in [-0.1, -0.05) is 12.1 Å². The molecule has 0 aromatic heterocycles. The normalized spacial score (nSPS) is 12.7. The number of carbonyl (C=O) groups is 2. The van der Waals surface area contributed by atoms with Crippen LogP contribution in [0.4, 0.5) is 5.69 Å². The molecule has 0 saturated heterocycles. The number of fused-ring (bicyclic) bond motifs is 1. The van der Waals surface area contributed by atoms with Crippen LogP contribution in [0.3, 0.4) is 0 Å². The van der Waals surface area contributed by atoms with Crippen LogP contribution in [-0.4, -0.2) is 17.6 Å². The van der Waals surface area contributed by atoms with Gasteiger partial charge in [0.05, 0.1) is 23.1 Å². The molecule has 2 amide bonds. The Hall–Kier alpha value is -2.78. The summed E-state index contributed by atoms with van der Waals surface area (Å²) in [4.78, 5) is 24.6. The highest BCUT2D eigenvalue weighted by molar-refractivity contribution is 8.00. The Balaban J connectivity index is 1.68. The van der Waals surface area contributed by atoms with Crippen LogP contribution in [0.2, 0.25) is 0 Å². The third kappa shape index (κ3) is 3.52. The molecule has 0 unspecified atom stereocenters. The van der Waals surface area contributed by atoms with Gasteiger partial charge in [-0.05, 0) is 35.9 Å². The van der Waals surface area contributed by atoms with E-state index in [1.807, 2.05) is 24.3 Å². The van der Waals surface area contributed by atoms with Crippen LogP contribution in [0.25, 0.3) is 0 Å². The third-order valence-corrected chi connectivity index (χ3v) is 4.46. The highest BCUT2D eigenvalue weighted by Gasteiger charge is 2.15. The molecule has 2 N–H and O–H groups in total. The van der Waals surface area contributed by atoms with Gasteiger partial charge in [0.2, 0.25) is 5.91 Å². The highest BCUT2D eigenvalue weighted by atomic mass is 32.2. The minimum absolute atomic E-state index is 0.0167. The van der Waals surface area contributed by atoms with Crippen molar-refractivity contribution < 1.29 is 9.59 Å². The van der Waals surface area contributed by atoms with E-state index < -0.39 is 0 Å². The average molecular weight is 323 g/mol. The van der Waals surface area contributed by atoms with E-state index in [2.05, 4.69) is 10.6 Å². The lowest BCUT2D eigenvalue weighted by Gasteiger charge is -2.17. The molecule has 1 aliphatic heterocycles. The summed E-state index contributed by atoms with van der Waals surface area (Å²) in [5.74, 6) is 0.174. The lowest BCUT2D eigenvalue weighted by molar-refractivity contribution is -0.113. The molecule has 2 aromatic rings. The number of nitrogens with zero attached hydrogens (tertiary/aromatic N) is 1. The number of amides is 2. The Morgan fingerprint density at radius 2 is 2.17 bits per heavy atom. The predicted molar refractivity (Wildman–Crippen MR) is 88.1 cm³/mol. The van der Waals surface area contributed by atoms with Gasteiger partial charge in [0.15, 0.2) is 0 Å². The smallest absolute Gasteiger partial charge is 0.251 e. The fraction of sp³-hybridized carbons (Fsp3) is 0.118. The Bertz CT molecular complexity index is 827. The van der Waals surface area contributed by atoms with E-state index in [4.69, 9.17) is 5.26 Å². The molecule has 0 fully saturated rings. The molecule has 5 nitrogen and oxygen atoms in total. The third-order valence-electron chi connectivity index (χ3n) is 3.38. The fourth-order valence-corrected chi connectivity index (χ4v) is 3.04. The first kappa shape index (κ1) is 15.1. The van der Waals surface area contributed by atoms with Crippen molar-refractivity contribution in [2.45, 2.75) is 11.4 Å². The molecular formula is C17H13N3O2S. The minimum Gasteiger partial charge on any atom is -0.348 e. The van der Waals surface area contributed by atoms with Gasteiger partial charge >= 0.3 is 0 Å². The average Bonchev–Trinajstić information content (AvgIpc) is 2.59. The maximum absolute atomic E-state index is 12.1. The molecule has 0 radical (unpaired) electrons. The molecule has 1 heterocycles. The van der Waals surface area contributed by atoms with Gasteiger partial charge < -0.3 is 10.6 Å². The standard InChI is InChI=1S/C17H13N3O2S/c18-8-11-2-1-3-13(6-11)17(22)19-9-12-4-5-15-14(7-12)20-16(21)10-23-15/h1-7H,9-10H2,(H,19,22)(H,20,21). The number of carbonyl (C=O) groups excluding carboxylic acids is 2. The van der Waals surface area contributed by atoms with E-state index in [1.54, 1.807) is 24.3 Å². The first-order chi connectivity index (χ1) is 11.2. The lowest BCUT2D eigenvalue weighted by Crippen LogP contribution is -2.23. The van der Waals surface area contributed by atoms with Gasteiger partial charge in [0.25, 0.3) is 5.91 Å². The van der Waals surface area contributed by atoms with Crippen LogP contribution >= 0.6 is 11.8 Å². The molecule has 0 saturated carbocycles. The Morgan fingerprint density at radius 3 is 3.00 bits per heavy atom. The molecule has 6 heteroatoms. The summed E-state index contributed by atoms with van der Waals surface area (Å²) in [6.45, 7) is 0.351. The van der Waals surface area contributed by atoms with Crippen LogP contribution in [0.5, 0.6) is 0 Å². The number of nitriles is 1. The second kappa shape index (κ2) is 6.55. The van der Waals surface area contributed by atoms with Crippen LogP contribution in [0, 0.1) is 11.3 Å². The monoisotopic (exact) mass is 323 g/mol. The Morgan fingerprint density at radius 1 is 1.30 bits per heavy atom. The van der Waals surface area contributed by atoms with Gasteiger partial charge in [-0.2, -0.15) is 5.26 Å². The van der Waals surface area contributed by atoms with Crippen molar-refractivity contribution in [2.24, 2.45) is 0 Å². The molecule has 114 valence electrons. The number of thioether (sulfide) groups is 1. The first-order valence-corrected chi connectivity index (χ1v) is 7.98. The van der Waals surface area contributed by atoms with Crippen molar-refractivity contribution in [1.29, 1.82) is 5.26 Å². The van der Waals surface area contributed by atoms with E-state index >= 15 is 0 Å². The van der Waals surface area contributed by atoms with Gasteiger partial charge in [0.1, 0.15) is 0 Å². The molecule has 2 aromatic carbocycles. The van der Waals surface area contributed by atoms with E-state index in [9.17, 15) is 9.59 Å². The van der Waals surface area contributed by atoms with E-state index in [1.165, 1.54) is 11.8 Å². The van der Waals surface area contributed by atoms with Gasteiger partial charge in [-0.15, -0.1) is 11.8 Å². The number of hydrogen-bond acceptors (Lipinski definition) is 4. The number of benzene rings is 2. The van der Waals surface area contributed by atoms with Crippen molar-refractivity contribution in [1.82, 2.24) is 5.32 Å². The Labute approximate surface area is 137 Å². The number of hydrogen-bond donors (Lipinski definition) is 2. The summed E-state index contributed by atoms with van der Waals surface area (Å²) in [7, 11) is 0. The van der Waals surface area contributed by atoms with Crippen molar-refractivity contribution in [3.63, 3.8) is 0 Å². The van der Waals surface area contributed by atoms with Gasteiger partial charge in [-0.3, -0.25) is 9.59 Å². The zero-order valence-corrected chi connectivity index (χ0v) is 12.9. The van der Waals surface area contributed by atoms with Crippen LogP contribution in [0.1, 0.15) is 21.5 Å². The molecule has 0 atom stereocenters. The SMILES string of the molecule is N#Cc1cccc(C(=O)NCc2ccc3c(c2)NC(=O)CS3)c1. The molecule has 0 bridgehead atoms. The van der Waals surface area contributed by atoms with Gasteiger partial charge in [0, 0.05) is 17.0 Å². The lowest BCUT2D eigenvalue weighted by atomic mass is 10.1. The van der Waals surface area contributed by atoms with Crippen molar-refractivity contribution in [2.75, 3.05) is 11.1 Å². The topological polar surface area (TPSA) is 82.0 Å². The van der Waals surface area contributed by atoms with E-state index in [0.29, 0.717) is 23.4 Å². The predicted octanol–water partition coefficient (Wildman–Crippen LogP) is 2.53. The second-order valence-corrected chi connectivity index (χ2v) is 6.06. The summed E-state index contributed by atoms with van der Waals surface area (Å²) < 4.78 is 0. The zero-order valence-electron chi connectivity index (χ0n) is 12.1. The number of anilines is 1. The first-order valence-electron chi connectivity index (χ1n) is 6.99. The van der Waals surface area contributed by atoms with E-state index in [0.717, 1.165) is 16.1 Å². The van der Waals surface area contributed by atoms with Gasteiger partial charge in [-0.25, -0.2) is 0 Å². The maximum atomic E-state index is 12.1. The summed E-state index contributed by atoms with van der Waals surface area (Å²) in [5.41, 5.74) is 2.58. The molecule has 23 heavy (non-hydrogen) atoms. The second-order valence-electron chi connectivity index (χ2n) is 5.04. The van der Waals surface area contributed by atoms with Crippen molar-refractivity contribution >= 4 is 29.3 Å². The Kier molecular flexibility index (Phi) is 4.31. The number of rotatable bonds is 3. The summed E-state index contributed by atoms with van der Waals surface area (Å²) in [6.07, 6.45) is 0. The highest BCUT2D eigenvalue weighted by Crippen LogP contribution is 2.31. The molecule has 1 aliphatic rings. The maximum Gasteiger partial charge on any atom is 0.251 e. The van der Waals surface area contributed by atoms with Crippen LogP contribution in [0.15, 0.2) is 47.4 Å². The van der Waals surface area contributed by atoms with Crippen molar-refractivity contribution in [3.05, 3.63) is 59.2 Å². The molecule has 0 aliphatic carbocycles. The van der Waals surface area contributed by atoms with Crippen molar-refractivity contribution in [3.8, 4) is 6.07 Å². The molecule has 0 spiro atoms. The molecular weight excluding hydrogens is 310 g/mol. The number of nitrogens with one attached hydrogen (secondary N) is 2. The largest absolute Gasteiger partial charge is 0.348 e. The van der Waals surface area contributed by atoms with E-state index in [-0.39, 0.29) is 11.8 Å².